The van der Waals surface area contributed by atoms with Crippen molar-refractivity contribution < 1.29 is 9.69 Å². The molecule has 1 amide bonds. The summed E-state index contributed by atoms with van der Waals surface area (Å²) in [6.45, 7) is 4.25. The Balaban J connectivity index is 1.25. The number of carbonyl (C=O) groups excluding carboxylic acids is 1. The number of anilines is 1. The van der Waals surface area contributed by atoms with Crippen LogP contribution < -0.4 is 15.8 Å². The summed E-state index contributed by atoms with van der Waals surface area (Å²) < 4.78 is 1.95. The second-order valence-electron chi connectivity index (χ2n) is 9.15. The van der Waals surface area contributed by atoms with E-state index in [9.17, 15) is 9.59 Å². The number of hydrogen-bond donors (Lipinski definition) is 2. The molecule has 29 heavy (non-hydrogen) atoms. The molecule has 1 aromatic carbocycles. The van der Waals surface area contributed by atoms with Crippen LogP contribution in [0.25, 0.3) is 0 Å². The summed E-state index contributed by atoms with van der Waals surface area (Å²) in [4.78, 5) is 26.7. The molecule has 3 atom stereocenters. The predicted molar refractivity (Wildman–Crippen MR) is 113 cm³/mol. The number of piperidine rings is 1. The lowest BCUT2D eigenvalue weighted by molar-refractivity contribution is -0.911. The number of fused-ring (bicyclic) bond motifs is 4. The van der Waals surface area contributed by atoms with Crippen molar-refractivity contribution in [3.63, 3.8) is 0 Å². The van der Waals surface area contributed by atoms with E-state index in [-0.39, 0.29) is 17.4 Å². The Morgan fingerprint density at radius 1 is 1.10 bits per heavy atom. The van der Waals surface area contributed by atoms with E-state index >= 15 is 0 Å². The van der Waals surface area contributed by atoms with Gasteiger partial charge in [-0.25, -0.2) is 0 Å². The maximum absolute atomic E-state index is 13.0. The molecule has 0 spiro atoms. The van der Waals surface area contributed by atoms with E-state index in [1.165, 1.54) is 24.9 Å². The summed E-state index contributed by atoms with van der Waals surface area (Å²) in [5, 5.41) is 2.86. The molecule has 1 saturated heterocycles. The zero-order chi connectivity index (χ0) is 19.8. The molecule has 1 saturated carbocycles. The third-order valence-corrected chi connectivity index (χ3v) is 6.84. The van der Waals surface area contributed by atoms with Crippen molar-refractivity contribution in [2.24, 2.45) is 11.8 Å². The third kappa shape index (κ3) is 4.01. The van der Waals surface area contributed by atoms with Crippen molar-refractivity contribution in [2.75, 3.05) is 25.0 Å². The molecule has 3 heterocycles. The Kier molecular flexibility index (Phi) is 5.00. The number of quaternary nitrogens is 1. The number of rotatable bonds is 6. The highest BCUT2D eigenvalue weighted by Gasteiger charge is 2.37. The molecule has 5 heteroatoms. The van der Waals surface area contributed by atoms with Crippen LogP contribution in [0.15, 0.2) is 47.3 Å². The lowest BCUT2D eigenvalue weighted by Crippen LogP contribution is -3.14. The fourth-order valence-corrected chi connectivity index (χ4v) is 5.24. The summed E-state index contributed by atoms with van der Waals surface area (Å²) in [5.41, 5.74) is 3.02. The Morgan fingerprint density at radius 2 is 1.93 bits per heavy atom. The number of nitrogens with zero attached hydrogens (tertiary/aromatic N) is 1. The van der Waals surface area contributed by atoms with Crippen LogP contribution in [0.3, 0.4) is 0 Å². The zero-order valence-corrected chi connectivity index (χ0v) is 16.9. The smallest absolute Gasteiger partial charge is 0.274 e. The number of likely N-dealkylation sites (tertiary alicyclic amines) is 1. The molecule has 2 fully saturated rings. The van der Waals surface area contributed by atoms with E-state index < -0.39 is 0 Å². The average molecular weight is 393 g/mol. The van der Waals surface area contributed by atoms with Gasteiger partial charge in [0.25, 0.3) is 5.56 Å². The van der Waals surface area contributed by atoms with E-state index in [0.717, 1.165) is 44.6 Å². The van der Waals surface area contributed by atoms with Crippen LogP contribution in [0.1, 0.15) is 42.9 Å². The zero-order valence-electron chi connectivity index (χ0n) is 16.9. The van der Waals surface area contributed by atoms with Gasteiger partial charge in [-0.15, -0.1) is 0 Å². The SMILES string of the molecule is O=C(Nc1ccc2n(c1=O)C[C@H]1C[C@@H]2C[NH+](CCCc2ccccc2)C1)C1CC1. The quantitative estimate of drug-likeness (QED) is 0.788. The molecule has 3 aliphatic rings. The Bertz CT molecular complexity index is 948. The van der Waals surface area contributed by atoms with Crippen molar-refractivity contribution >= 4 is 11.6 Å². The first-order valence-corrected chi connectivity index (χ1v) is 11.1. The van der Waals surface area contributed by atoms with Gasteiger partial charge in [-0.2, -0.15) is 0 Å². The van der Waals surface area contributed by atoms with Crippen LogP contribution in [0.5, 0.6) is 0 Å². The fourth-order valence-electron chi connectivity index (χ4n) is 5.24. The summed E-state index contributed by atoms with van der Waals surface area (Å²) in [6.07, 6.45) is 5.43. The maximum atomic E-state index is 13.0. The third-order valence-electron chi connectivity index (χ3n) is 6.84. The van der Waals surface area contributed by atoms with Gasteiger partial charge in [-0.1, -0.05) is 30.3 Å². The number of benzene rings is 1. The van der Waals surface area contributed by atoms with Gasteiger partial charge in [-0.3, -0.25) is 9.59 Å². The Morgan fingerprint density at radius 3 is 2.72 bits per heavy atom. The van der Waals surface area contributed by atoms with E-state index in [4.69, 9.17) is 0 Å². The van der Waals surface area contributed by atoms with Gasteiger partial charge in [0.15, 0.2) is 0 Å². The fraction of sp³-hybridized carbons (Fsp3) is 0.500. The monoisotopic (exact) mass is 392 g/mol. The first-order chi connectivity index (χ1) is 14.2. The largest absolute Gasteiger partial charge is 0.334 e. The van der Waals surface area contributed by atoms with Gasteiger partial charge in [0.1, 0.15) is 5.69 Å². The van der Waals surface area contributed by atoms with Crippen LogP contribution in [0.2, 0.25) is 0 Å². The molecule has 1 aromatic heterocycles. The Hall–Kier alpha value is -2.40. The molecule has 1 unspecified atom stereocenters. The van der Waals surface area contributed by atoms with Gasteiger partial charge in [0.2, 0.25) is 5.91 Å². The maximum Gasteiger partial charge on any atom is 0.274 e. The minimum absolute atomic E-state index is 0.00712. The van der Waals surface area contributed by atoms with Crippen LogP contribution >= 0.6 is 0 Å². The number of nitrogens with one attached hydrogen (secondary N) is 2. The van der Waals surface area contributed by atoms with Crippen LogP contribution in [0, 0.1) is 11.8 Å². The van der Waals surface area contributed by atoms with Gasteiger partial charge in [-0.05, 0) is 43.4 Å². The van der Waals surface area contributed by atoms with E-state index in [1.54, 1.807) is 4.90 Å². The van der Waals surface area contributed by atoms with Gasteiger partial charge < -0.3 is 14.8 Å². The number of aryl methyl sites for hydroxylation is 1. The van der Waals surface area contributed by atoms with Gasteiger partial charge in [0.05, 0.1) is 19.6 Å². The average Bonchev–Trinajstić information content (AvgIpc) is 3.57. The topological polar surface area (TPSA) is 55.5 Å². The molecule has 5 rings (SSSR count). The minimum Gasteiger partial charge on any atom is -0.334 e. The van der Waals surface area contributed by atoms with Crippen molar-refractivity contribution in [3.05, 3.63) is 64.1 Å². The van der Waals surface area contributed by atoms with Crippen molar-refractivity contribution in [2.45, 2.75) is 44.6 Å². The van der Waals surface area contributed by atoms with Crippen molar-refractivity contribution in [1.29, 1.82) is 0 Å². The summed E-state index contributed by atoms with van der Waals surface area (Å²) in [7, 11) is 0. The predicted octanol–water partition coefficient (Wildman–Crippen LogP) is 1.83. The van der Waals surface area contributed by atoms with Crippen molar-refractivity contribution in [1.82, 2.24) is 4.57 Å². The number of aromatic nitrogens is 1. The number of pyridine rings is 1. The minimum atomic E-state index is -0.0151. The lowest BCUT2D eigenvalue weighted by atomic mass is 9.83. The Labute approximate surface area is 171 Å². The molecule has 1 aliphatic carbocycles. The van der Waals surface area contributed by atoms with Crippen LogP contribution in [-0.2, 0) is 17.8 Å². The molecule has 2 bridgehead atoms. The highest BCUT2D eigenvalue weighted by atomic mass is 16.2. The molecule has 0 radical (unpaired) electrons. The van der Waals surface area contributed by atoms with Crippen molar-refractivity contribution in [3.8, 4) is 0 Å². The summed E-state index contributed by atoms with van der Waals surface area (Å²) in [5.74, 6) is 1.13. The highest BCUT2D eigenvalue weighted by Crippen LogP contribution is 2.32. The van der Waals surface area contributed by atoms with E-state index in [1.807, 2.05) is 10.6 Å². The van der Waals surface area contributed by atoms with E-state index in [0.29, 0.717) is 17.5 Å². The lowest BCUT2D eigenvalue weighted by Gasteiger charge is -2.40. The van der Waals surface area contributed by atoms with Gasteiger partial charge in [0, 0.05) is 36.4 Å². The molecular formula is C24H30N3O2+. The second-order valence-corrected chi connectivity index (χ2v) is 9.15. The van der Waals surface area contributed by atoms with E-state index in [2.05, 4.69) is 41.7 Å². The second kappa shape index (κ2) is 7.79. The van der Waals surface area contributed by atoms with Crippen LogP contribution in [0.4, 0.5) is 5.69 Å². The molecule has 5 nitrogen and oxygen atoms in total. The summed E-state index contributed by atoms with van der Waals surface area (Å²) in [6, 6.07) is 14.6. The normalized spacial score (nSPS) is 25.3. The molecule has 152 valence electrons. The molecule has 2 N–H and O–H groups in total. The van der Waals surface area contributed by atoms with Gasteiger partial charge >= 0.3 is 0 Å². The molecular weight excluding hydrogens is 362 g/mol. The molecule has 2 aliphatic heterocycles. The number of hydrogen-bond acceptors (Lipinski definition) is 2. The standard InChI is InChI=1S/C24H29N3O2/c28-23(19-8-9-19)25-21-10-11-22-20-13-18(15-27(22)24(21)29)14-26(16-20)12-4-7-17-5-2-1-3-6-17/h1-3,5-6,10-11,18-20H,4,7-9,12-16H2,(H,25,28)/p+1/t18-,20+/m0/s1. The van der Waals surface area contributed by atoms with Crippen LogP contribution in [-0.4, -0.2) is 30.1 Å². The molecule has 2 aromatic rings. The summed E-state index contributed by atoms with van der Waals surface area (Å²) >= 11 is 0. The first-order valence-electron chi connectivity index (χ1n) is 11.1. The number of amides is 1. The number of carbonyl (C=O) groups is 1. The first kappa shape index (κ1) is 18.6. The highest BCUT2D eigenvalue weighted by molar-refractivity contribution is 5.93.